The Morgan fingerprint density at radius 2 is 2.33 bits per heavy atom. The molecular weight excluding hydrogens is 156 g/mol. The van der Waals surface area contributed by atoms with Gasteiger partial charge in [-0.2, -0.15) is 0 Å². The van der Waals surface area contributed by atoms with Crippen molar-refractivity contribution in [2.45, 2.75) is 38.4 Å². The van der Waals surface area contributed by atoms with E-state index in [9.17, 15) is 9.90 Å². The molecule has 1 N–H and O–H groups in total. The van der Waals surface area contributed by atoms with Crippen molar-refractivity contribution in [1.29, 1.82) is 0 Å². The molecule has 0 aromatic rings. The normalized spacial score (nSPS) is 30.0. The summed E-state index contributed by atoms with van der Waals surface area (Å²) in [6.07, 6.45) is 5.63. The van der Waals surface area contributed by atoms with Gasteiger partial charge in [0, 0.05) is 12.5 Å². The predicted molar refractivity (Wildman–Crippen MR) is 44.3 cm³/mol. The zero-order chi connectivity index (χ0) is 9.03. The fraction of sp³-hybridized carbons (Fsp3) is 0.667. The number of hydrogen-bond acceptors (Lipinski definition) is 3. The van der Waals surface area contributed by atoms with E-state index in [0.29, 0.717) is 18.5 Å². The zero-order valence-electron chi connectivity index (χ0n) is 7.25. The van der Waals surface area contributed by atoms with Crippen LogP contribution in [0.4, 0.5) is 0 Å². The molecule has 68 valence electrons. The molecule has 1 fully saturated rings. The van der Waals surface area contributed by atoms with Gasteiger partial charge in [-0.05, 0) is 6.42 Å². The zero-order valence-corrected chi connectivity index (χ0v) is 7.25. The molecule has 0 aromatic heterocycles. The highest BCUT2D eigenvalue weighted by Crippen LogP contribution is 2.41. The van der Waals surface area contributed by atoms with Gasteiger partial charge in [-0.15, -0.1) is 0 Å². The van der Waals surface area contributed by atoms with Gasteiger partial charge < -0.3 is 9.84 Å². The van der Waals surface area contributed by atoms with Crippen LogP contribution in [0.2, 0.25) is 0 Å². The third-order valence-corrected chi connectivity index (χ3v) is 1.96. The van der Waals surface area contributed by atoms with E-state index in [0.717, 1.165) is 19.3 Å². The first-order valence-electron chi connectivity index (χ1n) is 4.30. The maximum atomic E-state index is 10.0. The molecule has 1 heterocycles. The Hall–Kier alpha value is -0.830. The Balaban J connectivity index is 2.25. The van der Waals surface area contributed by atoms with Gasteiger partial charge in [0.2, 0.25) is 0 Å². The van der Waals surface area contributed by atoms with Crippen LogP contribution in [-0.4, -0.2) is 17.2 Å². The van der Waals surface area contributed by atoms with Gasteiger partial charge in [0.05, 0.1) is 0 Å². The smallest absolute Gasteiger partial charge is 0.266 e. The van der Waals surface area contributed by atoms with Crippen molar-refractivity contribution >= 4 is 6.29 Å². The van der Waals surface area contributed by atoms with E-state index in [-0.39, 0.29) is 0 Å². The average molecular weight is 170 g/mol. The number of aldehydes is 1. The van der Waals surface area contributed by atoms with Crippen LogP contribution in [0.3, 0.4) is 0 Å². The number of rotatable bonds is 5. The molecule has 1 atom stereocenters. The molecular formula is C9H14O3. The molecule has 3 heteroatoms. The second kappa shape index (κ2) is 3.72. The van der Waals surface area contributed by atoms with E-state index in [1.54, 1.807) is 0 Å². The summed E-state index contributed by atoms with van der Waals surface area (Å²) in [7, 11) is 0. The summed E-state index contributed by atoms with van der Waals surface area (Å²) in [6.45, 7) is 2.10. The molecule has 0 bridgehead atoms. The summed E-state index contributed by atoms with van der Waals surface area (Å²) in [4.78, 5) is 10.0. The first-order chi connectivity index (χ1) is 5.73. The van der Waals surface area contributed by atoms with E-state index in [1.165, 1.54) is 6.08 Å². The third-order valence-electron chi connectivity index (χ3n) is 1.96. The van der Waals surface area contributed by atoms with E-state index >= 15 is 0 Å². The minimum Gasteiger partial charge on any atom is -0.452 e. The quantitative estimate of drug-likeness (QED) is 0.293. The van der Waals surface area contributed by atoms with Crippen LogP contribution in [0.15, 0.2) is 11.8 Å². The molecule has 1 saturated heterocycles. The number of hydrogen-bond donors (Lipinski definition) is 1. The maximum Gasteiger partial charge on any atom is 0.266 e. The highest BCUT2D eigenvalue weighted by atomic mass is 16.7. The first kappa shape index (κ1) is 9.26. The van der Waals surface area contributed by atoms with Crippen molar-refractivity contribution in [3.63, 3.8) is 0 Å². The molecule has 1 aliphatic rings. The van der Waals surface area contributed by atoms with E-state index in [2.05, 4.69) is 6.92 Å². The first-order valence-corrected chi connectivity index (χ1v) is 4.30. The maximum absolute atomic E-state index is 10.0. The van der Waals surface area contributed by atoms with Crippen LogP contribution >= 0.6 is 0 Å². The van der Waals surface area contributed by atoms with Gasteiger partial charge in [-0.1, -0.05) is 19.8 Å². The summed E-state index contributed by atoms with van der Waals surface area (Å²) >= 11 is 0. The van der Waals surface area contributed by atoms with Crippen molar-refractivity contribution < 1.29 is 14.6 Å². The number of ether oxygens (including phenoxy) is 1. The standard InChI is InChI=1S/C9H14O3/c1-2-3-4-6-9(11)8(12-9)5-7-10/h5,7,11H,2-4,6H2,1H3. The van der Waals surface area contributed by atoms with Crippen molar-refractivity contribution in [3.8, 4) is 0 Å². The monoisotopic (exact) mass is 170 g/mol. The Kier molecular flexibility index (Phi) is 2.87. The van der Waals surface area contributed by atoms with Gasteiger partial charge >= 0.3 is 0 Å². The second-order valence-electron chi connectivity index (χ2n) is 3.01. The molecule has 1 unspecified atom stereocenters. The Morgan fingerprint density at radius 3 is 2.92 bits per heavy atom. The molecule has 12 heavy (non-hydrogen) atoms. The van der Waals surface area contributed by atoms with Crippen LogP contribution < -0.4 is 0 Å². The van der Waals surface area contributed by atoms with Crippen LogP contribution in [0.5, 0.6) is 0 Å². The molecule has 3 nitrogen and oxygen atoms in total. The van der Waals surface area contributed by atoms with E-state index < -0.39 is 5.79 Å². The van der Waals surface area contributed by atoms with E-state index in [1.807, 2.05) is 0 Å². The fourth-order valence-electron chi connectivity index (χ4n) is 1.17. The number of aliphatic hydroxyl groups is 1. The Labute approximate surface area is 72.0 Å². The van der Waals surface area contributed by atoms with Crippen molar-refractivity contribution in [3.05, 3.63) is 11.8 Å². The van der Waals surface area contributed by atoms with Gasteiger partial charge in [-0.25, -0.2) is 0 Å². The lowest BCUT2D eigenvalue weighted by Gasteiger charge is -1.99. The summed E-state index contributed by atoms with van der Waals surface area (Å²) in [5.41, 5.74) is 0. The van der Waals surface area contributed by atoms with Crippen LogP contribution in [0.25, 0.3) is 0 Å². The number of unbranched alkanes of at least 4 members (excludes halogenated alkanes) is 2. The SMILES string of the molecule is CCCCCC1(O)OC1=CC=O. The van der Waals surface area contributed by atoms with Gasteiger partial charge in [0.1, 0.15) is 6.29 Å². The largest absolute Gasteiger partial charge is 0.452 e. The minimum absolute atomic E-state index is 0.411. The number of carbonyl (C=O) groups excluding carboxylic acids is 1. The molecule has 0 aliphatic carbocycles. The number of epoxide rings is 1. The lowest BCUT2D eigenvalue weighted by atomic mass is 10.1. The number of allylic oxidation sites excluding steroid dienone is 1. The fourth-order valence-corrected chi connectivity index (χ4v) is 1.17. The van der Waals surface area contributed by atoms with Gasteiger partial charge in [0.25, 0.3) is 5.79 Å². The Morgan fingerprint density at radius 1 is 1.58 bits per heavy atom. The molecule has 1 aliphatic heterocycles. The lowest BCUT2D eigenvalue weighted by molar-refractivity contribution is -0.104. The summed E-state index contributed by atoms with van der Waals surface area (Å²) in [5, 5.41) is 9.50. The molecule has 0 radical (unpaired) electrons. The van der Waals surface area contributed by atoms with Crippen molar-refractivity contribution in [1.82, 2.24) is 0 Å². The van der Waals surface area contributed by atoms with Crippen LogP contribution in [0, 0.1) is 0 Å². The number of carbonyl (C=O) groups is 1. The molecule has 0 amide bonds. The second-order valence-corrected chi connectivity index (χ2v) is 3.01. The van der Waals surface area contributed by atoms with E-state index in [4.69, 9.17) is 4.74 Å². The minimum atomic E-state index is -1.10. The predicted octanol–water partition coefficient (Wildman–Crippen LogP) is 1.37. The van der Waals surface area contributed by atoms with Gasteiger partial charge in [0.15, 0.2) is 5.76 Å². The van der Waals surface area contributed by atoms with Crippen LogP contribution in [0.1, 0.15) is 32.6 Å². The molecule has 0 aromatic carbocycles. The summed E-state index contributed by atoms with van der Waals surface area (Å²) < 4.78 is 4.88. The summed E-state index contributed by atoms with van der Waals surface area (Å²) in [6, 6.07) is 0. The highest BCUT2D eigenvalue weighted by Gasteiger charge is 2.50. The lowest BCUT2D eigenvalue weighted by Crippen LogP contribution is -2.07. The topological polar surface area (TPSA) is 49.8 Å². The van der Waals surface area contributed by atoms with Crippen LogP contribution in [-0.2, 0) is 9.53 Å². The molecule has 1 rings (SSSR count). The van der Waals surface area contributed by atoms with Crippen molar-refractivity contribution in [2.24, 2.45) is 0 Å². The van der Waals surface area contributed by atoms with Crippen molar-refractivity contribution in [2.75, 3.05) is 0 Å². The average Bonchev–Trinajstić information content (AvgIpc) is 2.64. The molecule has 0 saturated carbocycles. The highest BCUT2D eigenvalue weighted by molar-refractivity contribution is 5.67. The Bertz CT molecular complexity index is 198. The third kappa shape index (κ3) is 2.08. The molecule has 0 spiro atoms. The summed E-state index contributed by atoms with van der Waals surface area (Å²) in [5.74, 6) is -0.690. The van der Waals surface area contributed by atoms with Gasteiger partial charge in [-0.3, -0.25) is 4.79 Å².